The molecule has 0 radical (unpaired) electrons. The molecule has 1 amide bonds. The van der Waals surface area contributed by atoms with Gasteiger partial charge in [-0.05, 0) is 112 Å². The molecule has 2 aliphatic heterocycles. The number of nitrogens with zero attached hydrogens (tertiary/aromatic N) is 1. The van der Waals surface area contributed by atoms with Gasteiger partial charge in [0, 0.05) is 41.4 Å². The molecule has 1 N–H and O–H groups in total. The van der Waals surface area contributed by atoms with Crippen LogP contribution >= 0.6 is 11.6 Å². The first kappa shape index (κ1) is 31.2. The molecule has 7 nitrogen and oxygen atoms in total. The van der Waals surface area contributed by atoms with Gasteiger partial charge in [0.15, 0.2) is 0 Å². The number of hydrogen-bond acceptors (Lipinski definition) is 6. The highest BCUT2D eigenvalue weighted by Crippen LogP contribution is 2.46. The summed E-state index contributed by atoms with van der Waals surface area (Å²) in [6, 6.07) is 11.3. The largest absolute Gasteiger partial charge is 0.490 e. The van der Waals surface area contributed by atoms with E-state index in [1.807, 2.05) is 32.1 Å². The number of benzene rings is 2. The third-order valence-corrected chi connectivity index (χ3v) is 12.9. The lowest BCUT2D eigenvalue weighted by atomic mass is 9.68. The van der Waals surface area contributed by atoms with Crippen LogP contribution in [0.1, 0.15) is 80.8 Å². The third kappa shape index (κ3) is 5.92. The number of Topliss-reactive ketones (excluding diaryl/α,β-unsaturated/α-hetero) is 1. The summed E-state index contributed by atoms with van der Waals surface area (Å²) in [6.45, 7) is 7.28. The number of allylic oxidation sites excluding steroid dienone is 2. The summed E-state index contributed by atoms with van der Waals surface area (Å²) in [7, 11) is -3.96. The highest BCUT2D eigenvalue weighted by Gasteiger charge is 2.45. The van der Waals surface area contributed by atoms with Gasteiger partial charge in [-0.2, -0.15) is 0 Å². The standard InChI is InChI=1S/C35H43ClN2O5S/c1-4-6-24-15-22(2)23(3)44(41,42)37-34(40)26-9-13-33-31(18-26)38(19-27-8-11-29(27)32(39)16-24)20-35(21-43-33)14-5-7-25-17-28(36)10-12-30(25)35/h4,6,9-10,12-13,17-18,22-24,27,29H,5,7-8,11,14-16,19-21H2,1-3H3,(H,37,40)/b6-4+/t22-,23+,24-,27-,29+,35-/m0/s1. The predicted molar refractivity (Wildman–Crippen MR) is 174 cm³/mol. The second kappa shape index (κ2) is 12.2. The molecule has 2 bridgehead atoms. The number of amides is 1. The lowest BCUT2D eigenvalue weighted by molar-refractivity contribution is -0.128. The van der Waals surface area contributed by atoms with E-state index < -0.39 is 21.2 Å². The molecular formula is C35H43ClN2O5S. The van der Waals surface area contributed by atoms with Crippen LogP contribution in [0.2, 0.25) is 5.02 Å². The maximum absolute atomic E-state index is 13.8. The molecule has 0 unspecified atom stereocenters. The van der Waals surface area contributed by atoms with Crippen LogP contribution in [0.4, 0.5) is 5.69 Å². The Morgan fingerprint density at radius 3 is 2.68 bits per heavy atom. The molecule has 0 saturated heterocycles. The van der Waals surface area contributed by atoms with Gasteiger partial charge in [0.25, 0.3) is 5.91 Å². The van der Waals surface area contributed by atoms with Crippen LogP contribution in [0.3, 0.4) is 0 Å². The highest BCUT2D eigenvalue weighted by atomic mass is 35.5. The Balaban J connectivity index is 1.42. The lowest BCUT2D eigenvalue weighted by Crippen LogP contribution is -2.49. The highest BCUT2D eigenvalue weighted by molar-refractivity contribution is 7.90. The SMILES string of the molecule is C/C=C/[C@@H]1CC(=O)[C@@H]2CC[C@H]2CN2C[C@@]3(CCCc4cc(Cl)ccc43)COc3ccc(cc32)C(=O)NS(=O)(=O)[C@H](C)[C@@H](C)C1. The van der Waals surface area contributed by atoms with Crippen LogP contribution in [0.25, 0.3) is 0 Å². The maximum atomic E-state index is 13.8. The predicted octanol–water partition coefficient (Wildman–Crippen LogP) is 6.48. The Kier molecular flexibility index (Phi) is 8.61. The van der Waals surface area contributed by atoms with Gasteiger partial charge in [0.1, 0.15) is 11.5 Å². The summed E-state index contributed by atoms with van der Waals surface area (Å²) in [4.78, 5) is 29.5. The molecule has 2 aliphatic carbocycles. The number of hydrogen-bond donors (Lipinski definition) is 1. The van der Waals surface area contributed by atoms with E-state index >= 15 is 0 Å². The fraction of sp³-hybridized carbons (Fsp3) is 0.543. The third-order valence-electron chi connectivity index (χ3n) is 10.7. The van der Waals surface area contributed by atoms with Gasteiger partial charge in [0.2, 0.25) is 10.0 Å². The minimum Gasteiger partial charge on any atom is -0.490 e. The average Bonchev–Trinajstić information content (AvgIpc) is 3.11. The molecule has 236 valence electrons. The zero-order valence-corrected chi connectivity index (χ0v) is 27.4. The average molecular weight is 639 g/mol. The summed E-state index contributed by atoms with van der Waals surface area (Å²) in [5.41, 5.74) is 3.25. The summed E-state index contributed by atoms with van der Waals surface area (Å²) in [5, 5.41) is -0.0796. The van der Waals surface area contributed by atoms with Gasteiger partial charge < -0.3 is 9.64 Å². The van der Waals surface area contributed by atoms with Crippen molar-refractivity contribution in [3.63, 3.8) is 0 Å². The van der Waals surface area contributed by atoms with Crippen molar-refractivity contribution in [2.45, 2.75) is 76.4 Å². The molecule has 2 aromatic carbocycles. The van der Waals surface area contributed by atoms with Crippen LogP contribution < -0.4 is 14.4 Å². The van der Waals surface area contributed by atoms with Crippen molar-refractivity contribution < 1.29 is 22.7 Å². The van der Waals surface area contributed by atoms with Gasteiger partial charge >= 0.3 is 0 Å². The van der Waals surface area contributed by atoms with E-state index in [9.17, 15) is 18.0 Å². The number of ether oxygens (including phenoxy) is 1. The fourth-order valence-electron chi connectivity index (χ4n) is 7.92. The Morgan fingerprint density at radius 1 is 1.11 bits per heavy atom. The van der Waals surface area contributed by atoms with E-state index in [0.29, 0.717) is 38.3 Å². The van der Waals surface area contributed by atoms with Crippen molar-refractivity contribution in [2.24, 2.45) is 23.7 Å². The topological polar surface area (TPSA) is 92.8 Å². The van der Waals surface area contributed by atoms with Crippen LogP contribution in [0, 0.1) is 23.7 Å². The molecule has 1 saturated carbocycles. The minimum absolute atomic E-state index is 0.0281. The number of fused-ring (bicyclic) bond motifs is 4. The molecule has 2 aromatic rings. The van der Waals surface area contributed by atoms with Crippen molar-refractivity contribution in [3.8, 4) is 5.75 Å². The number of sulfonamides is 1. The van der Waals surface area contributed by atoms with Gasteiger partial charge in [-0.1, -0.05) is 36.7 Å². The van der Waals surface area contributed by atoms with E-state index in [4.69, 9.17) is 16.3 Å². The molecule has 0 aromatic heterocycles. The minimum atomic E-state index is -3.96. The second-order valence-corrected chi connectivity index (χ2v) is 16.1. The lowest BCUT2D eigenvalue weighted by Gasteiger charge is -2.44. The van der Waals surface area contributed by atoms with E-state index in [1.165, 1.54) is 11.1 Å². The van der Waals surface area contributed by atoms with Gasteiger partial charge in [-0.25, -0.2) is 13.1 Å². The number of carbonyl (C=O) groups is 2. The number of carbonyl (C=O) groups excluding carboxylic acids is 2. The second-order valence-electron chi connectivity index (χ2n) is 13.6. The Bertz CT molecular complexity index is 1590. The van der Waals surface area contributed by atoms with Crippen molar-refractivity contribution in [2.75, 3.05) is 24.6 Å². The van der Waals surface area contributed by atoms with Crippen molar-refractivity contribution in [1.82, 2.24) is 4.72 Å². The van der Waals surface area contributed by atoms with Crippen LogP contribution in [0.15, 0.2) is 48.6 Å². The number of anilines is 1. The van der Waals surface area contributed by atoms with E-state index in [1.54, 1.807) is 25.1 Å². The van der Waals surface area contributed by atoms with Crippen molar-refractivity contribution >= 4 is 39.0 Å². The molecule has 4 aliphatic rings. The molecule has 44 heavy (non-hydrogen) atoms. The maximum Gasteiger partial charge on any atom is 0.264 e. The monoisotopic (exact) mass is 638 g/mol. The molecule has 1 spiro atoms. The summed E-state index contributed by atoms with van der Waals surface area (Å²) < 4.78 is 35.6. The van der Waals surface area contributed by atoms with E-state index in [2.05, 4.69) is 21.8 Å². The zero-order chi connectivity index (χ0) is 31.2. The van der Waals surface area contributed by atoms with E-state index in [0.717, 1.165) is 42.8 Å². The van der Waals surface area contributed by atoms with Gasteiger partial charge in [-0.3, -0.25) is 9.59 Å². The summed E-state index contributed by atoms with van der Waals surface area (Å²) in [5.74, 6) is 0.161. The normalized spacial score (nSPS) is 32.2. The molecular weight excluding hydrogens is 596 g/mol. The van der Waals surface area contributed by atoms with Crippen LogP contribution in [0.5, 0.6) is 5.75 Å². The number of nitrogens with one attached hydrogen (secondary N) is 1. The summed E-state index contributed by atoms with van der Waals surface area (Å²) >= 11 is 6.40. The first-order valence-corrected chi connectivity index (χ1v) is 17.9. The molecule has 9 heteroatoms. The Labute approximate surface area is 266 Å². The first-order chi connectivity index (χ1) is 21.0. The molecule has 1 fully saturated rings. The number of aryl methyl sites for hydroxylation is 1. The van der Waals surface area contributed by atoms with Crippen LogP contribution in [-0.4, -0.2) is 45.1 Å². The quantitative estimate of drug-likeness (QED) is 0.360. The fourth-order valence-corrected chi connectivity index (χ4v) is 9.40. The molecule has 6 rings (SSSR count). The number of halogens is 1. The Morgan fingerprint density at radius 2 is 1.93 bits per heavy atom. The molecule has 2 heterocycles. The smallest absolute Gasteiger partial charge is 0.264 e. The number of ketones is 1. The summed E-state index contributed by atoms with van der Waals surface area (Å²) in [6.07, 6.45) is 9.71. The van der Waals surface area contributed by atoms with E-state index in [-0.39, 0.29) is 40.4 Å². The van der Waals surface area contributed by atoms with Crippen molar-refractivity contribution in [3.05, 3.63) is 70.3 Å². The molecule has 6 atom stereocenters. The zero-order valence-electron chi connectivity index (χ0n) is 25.9. The first-order valence-electron chi connectivity index (χ1n) is 16.0. The van der Waals surface area contributed by atoms with Gasteiger partial charge in [0.05, 0.1) is 17.5 Å². The van der Waals surface area contributed by atoms with Crippen LogP contribution in [-0.2, 0) is 26.7 Å². The van der Waals surface area contributed by atoms with Crippen molar-refractivity contribution in [1.29, 1.82) is 0 Å². The Hall–Kier alpha value is -2.84. The number of rotatable bonds is 1. The van der Waals surface area contributed by atoms with Gasteiger partial charge in [-0.15, -0.1) is 0 Å².